The molecular weight excluding hydrogens is 322 g/mol. The van der Waals surface area contributed by atoms with E-state index in [9.17, 15) is 0 Å². The minimum absolute atomic E-state index is 0.136. The first-order valence-electron chi connectivity index (χ1n) is 8.08. The van der Waals surface area contributed by atoms with Gasteiger partial charge in [0.25, 0.3) is 0 Å². The second-order valence-electron chi connectivity index (χ2n) is 5.78. The Bertz CT molecular complexity index is 722. The fourth-order valence-electron chi connectivity index (χ4n) is 3.04. The molecule has 2 aromatic rings. The monoisotopic (exact) mass is 345 g/mol. The molecule has 1 aliphatic rings. The van der Waals surface area contributed by atoms with Gasteiger partial charge in [0, 0.05) is 5.92 Å². The van der Waals surface area contributed by atoms with Crippen molar-refractivity contribution < 1.29 is 23.7 Å². The Morgan fingerprint density at radius 3 is 2.24 bits per heavy atom. The normalized spacial score (nSPS) is 13.4. The van der Waals surface area contributed by atoms with Crippen molar-refractivity contribution in [3.8, 4) is 28.7 Å². The summed E-state index contributed by atoms with van der Waals surface area (Å²) in [5.74, 6) is 3.53. The van der Waals surface area contributed by atoms with Gasteiger partial charge in [-0.3, -0.25) is 0 Å². The number of rotatable bonds is 7. The fourth-order valence-corrected chi connectivity index (χ4v) is 3.04. The molecule has 0 radical (unpaired) electrons. The summed E-state index contributed by atoms with van der Waals surface area (Å²) < 4.78 is 27.1. The van der Waals surface area contributed by atoms with Crippen LogP contribution < -0.4 is 29.4 Å². The number of hydrogen-bond acceptors (Lipinski definition) is 6. The van der Waals surface area contributed by atoms with E-state index in [0.29, 0.717) is 23.8 Å². The van der Waals surface area contributed by atoms with Gasteiger partial charge in [0.2, 0.25) is 12.5 Å². The summed E-state index contributed by atoms with van der Waals surface area (Å²) in [7, 11) is 4.81. The van der Waals surface area contributed by atoms with Gasteiger partial charge >= 0.3 is 0 Å². The highest BCUT2D eigenvalue weighted by atomic mass is 16.7. The lowest BCUT2D eigenvalue weighted by atomic mass is 9.91. The minimum atomic E-state index is 0.136. The van der Waals surface area contributed by atoms with Gasteiger partial charge in [0.1, 0.15) is 0 Å². The zero-order valence-corrected chi connectivity index (χ0v) is 14.7. The van der Waals surface area contributed by atoms with Crippen LogP contribution in [-0.2, 0) is 6.42 Å². The first-order chi connectivity index (χ1) is 12.2. The van der Waals surface area contributed by atoms with Crippen LogP contribution in [0.2, 0.25) is 0 Å². The van der Waals surface area contributed by atoms with Gasteiger partial charge < -0.3 is 29.4 Å². The van der Waals surface area contributed by atoms with Gasteiger partial charge in [0.15, 0.2) is 23.0 Å². The largest absolute Gasteiger partial charge is 0.493 e. The molecule has 0 saturated heterocycles. The smallest absolute Gasteiger partial charge is 0.231 e. The second-order valence-corrected chi connectivity index (χ2v) is 5.78. The summed E-state index contributed by atoms with van der Waals surface area (Å²) >= 11 is 0. The van der Waals surface area contributed by atoms with Crippen LogP contribution in [0.15, 0.2) is 30.3 Å². The molecule has 0 amide bonds. The average Bonchev–Trinajstić information content (AvgIpc) is 3.12. The maximum absolute atomic E-state index is 6.04. The van der Waals surface area contributed by atoms with Gasteiger partial charge in [0.05, 0.1) is 21.3 Å². The highest BCUT2D eigenvalue weighted by Crippen LogP contribution is 2.40. The first-order valence-corrected chi connectivity index (χ1v) is 8.08. The van der Waals surface area contributed by atoms with Gasteiger partial charge in [-0.25, -0.2) is 0 Å². The van der Waals surface area contributed by atoms with Crippen molar-refractivity contribution >= 4 is 0 Å². The van der Waals surface area contributed by atoms with Crippen LogP contribution in [0, 0.1) is 0 Å². The van der Waals surface area contributed by atoms with Crippen molar-refractivity contribution in [1.82, 2.24) is 0 Å². The van der Waals surface area contributed by atoms with Crippen molar-refractivity contribution in [2.45, 2.75) is 12.3 Å². The maximum Gasteiger partial charge on any atom is 0.231 e. The molecule has 1 heterocycles. The van der Waals surface area contributed by atoms with Crippen LogP contribution in [-0.4, -0.2) is 34.7 Å². The highest BCUT2D eigenvalue weighted by Gasteiger charge is 2.20. The summed E-state index contributed by atoms with van der Waals surface area (Å²) in [5.41, 5.74) is 8.21. The highest BCUT2D eigenvalue weighted by molar-refractivity contribution is 5.54. The molecule has 2 aromatic carbocycles. The Hall–Kier alpha value is -2.60. The maximum atomic E-state index is 6.04. The Labute approximate surface area is 147 Å². The Morgan fingerprint density at radius 2 is 1.64 bits per heavy atom. The van der Waals surface area contributed by atoms with E-state index in [4.69, 9.17) is 29.4 Å². The molecule has 6 heteroatoms. The number of fused-ring (bicyclic) bond motifs is 1. The third-order valence-electron chi connectivity index (χ3n) is 4.36. The molecule has 1 atom stereocenters. The molecule has 1 unspecified atom stereocenters. The Morgan fingerprint density at radius 1 is 0.960 bits per heavy atom. The summed E-state index contributed by atoms with van der Waals surface area (Å²) in [5, 5.41) is 0. The molecule has 25 heavy (non-hydrogen) atoms. The lowest BCUT2D eigenvalue weighted by molar-refractivity contribution is 0.174. The number of nitrogens with two attached hydrogens (primary N) is 1. The average molecular weight is 345 g/mol. The third-order valence-corrected chi connectivity index (χ3v) is 4.36. The van der Waals surface area contributed by atoms with Crippen molar-refractivity contribution in [2.75, 3.05) is 34.7 Å². The molecule has 0 bridgehead atoms. The van der Waals surface area contributed by atoms with E-state index in [1.165, 1.54) is 0 Å². The fraction of sp³-hybridized carbons (Fsp3) is 0.368. The topological polar surface area (TPSA) is 72.2 Å². The van der Waals surface area contributed by atoms with Gasteiger partial charge in [-0.2, -0.15) is 0 Å². The predicted octanol–water partition coefficient (Wildman–Crippen LogP) is 2.73. The molecule has 0 aromatic heterocycles. The first kappa shape index (κ1) is 17.2. The van der Waals surface area contributed by atoms with Crippen molar-refractivity contribution in [1.29, 1.82) is 0 Å². The molecule has 6 nitrogen and oxygen atoms in total. The molecule has 2 N–H and O–H groups in total. The molecule has 0 saturated carbocycles. The van der Waals surface area contributed by atoms with Crippen molar-refractivity contribution in [3.05, 3.63) is 41.5 Å². The van der Waals surface area contributed by atoms with Crippen molar-refractivity contribution in [2.24, 2.45) is 5.73 Å². The summed E-state index contributed by atoms with van der Waals surface area (Å²) in [6.07, 6.45) is 0.743. The van der Waals surface area contributed by atoms with Crippen molar-refractivity contribution in [3.63, 3.8) is 0 Å². The molecule has 1 aliphatic heterocycles. The number of ether oxygens (including phenoxy) is 5. The van der Waals surface area contributed by atoms with E-state index in [-0.39, 0.29) is 12.7 Å². The van der Waals surface area contributed by atoms with E-state index >= 15 is 0 Å². The zero-order valence-electron chi connectivity index (χ0n) is 14.7. The summed E-state index contributed by atoms with van der Waals surface area (Å²) in [6, 6.07) is 9.87. The molecule has 3 rings (SSSR count). The minimum Gasteiger partial charge on any atom is -0.493 e. The molecule has 134 valence electrons. The van der Waals surface area contributed by atoms with E-state index in [0.717, 1.165) is 29.0 Å². The SMILES string of the molecule is COc1cc(CC(CN)c2ccc3c(c2)OCO3)cc(OC)c1OC. The second kappa shape index (κ2) is 7.53. The van der Waals surface area contributed by atoms with Crippen LogP contribution in [0.3, 0.4) is 0 Å². The zero-order chi connectivity index (χ0) is 17.8. The molecule has 0 aliphatic carbocycles. The van der Waals surface area contributed by atoms with E-state index in [2.05, 4.69) is 0 Å². The van der Waals surface area contributed by atoms with E-state index < -0.39 is 0 Å². The van der Waals surface area contributed by atoms with Crippen LogP contribution in [0.5, 0.6) is 28.7 Å². The third kappa shape index (κ3) is 3.44. The lowest BCUT2D eigenvalue weighted by Crippen LogP contribution is -2.15. The summed E-state index contributed by atoms with van der Waals surface area (Å²) in [4.78, 5) is 0. The number of benzene rings is 2. The van der Waals surface area contributed by atoms with Crippen LogP contribution in [0.1, 0.15) is 17.0 Å². The van der Waals surface area contributed by atoms with Gasteiger partial charge in [-0.05, 0) is 48.4 Å². The van der Waals surface area contributed by atoms with E-state index in [1.807, 2.05) is 30.3 Å². The van der Waals surface area contributed by atoms with Crippen LogP contribution >= 0.6 is 0 Å². The number of hydrogen-bond donors (Lipinski definition) is 1. The van der Waals surface area contributed by atoms with Crippen LogP contribution in [0.25, 0.3) is 0 Å². The Kier molecular flexibility index (Phi) is 5.19. The van der Waals surface area contributed by atoms with E-state index in [1.54, 1.807) is 21.3 Å². The van der Waals surface area contributed by atoms with Gasteiger partial charge in [-0.15, -0.1) is 0 Å². The lowest BCUT2D eigenvalue weighted by Gasteiger charge is -2.18. The van der Waals surface area contributed by atoms with Gasteiger partial charge in [-0.1, -0.05) is 6.07 Å². The predicted molar refractivity (Wildman–Crippen MR) is 94.2 cm³/mol. The van der Waals surface area contributed by atoms with Crippen LogP contribution in [0.4, 0.5) is 0 Å². The molecular formula is C19H23NO5. The molecule has 0 fully saturated rings. The molecule has 0 spiro atoms. The Balaban J connectivity index is 1.89. The number of methoxy groups -OCH3 is 3. The quantitative estimate of drug-likeness (QED) is 0.832. The summed E-state index contributed by atoms with van der Waals surface area (Å²) in [6.45, 7) is 0.773. The standard InChI is InChI=1S/C19H23NO5/c1-21-17-7-12(8-18(22-2)19(17)23-3)6-14(10-20)13-4-5-15-16(9-13)25-11-24-15/h4-5,7-9,14H,6,10-11,20H2,1-3H3.